The van der Waals surface area contributed by atoms with Gasteiger partial charge >= 0.3 is 0 Å². The molecule has 7 heteroatoms. The van der Waals surface area contributed by atoms with Gasteiger partial charge < -0.3 is 9.47 Å². The fourth-order valence-electron chi connectivity index (χ4n) is 1.93. The van der Waals surface area contributed by atoms with Crippen molar-refractivity contribution in [1.29, 1.82) is 0 Å². The van der Waals surface area contributed by atoms with Gasteiger partial charge in [0, 0.05) is 11.1 Å². The highest BCUT2D eigenvalue weighted by Gasteiger charge is 2.08. The normalized spacial score (nSPS) is 9.70. The van der Waals surface area contributed by atoms with Crippen LogP contribution in [0.15, 0.2) is 53.6 Å². The second kappa shape index (κ2) is 8.11. The lowest BCUT2D eigenvalue weighted by Gasteiger charge is -2.10. The number of hydrogen-bond donors (Lipinski definition) is 3. The Bertz CT molecular complexity index is 635. The predicted octanol–water partition coefficient (Wildman–Crippen LogP) is 1.79. The average Bonchev–Trinajstić information content (AvgIpc) is 2.62. The highest BCUT2D eigenvalue weighted by Crippen LogP contribution is 2.18. The summed E-state index contributed by atoms with van der Waals surface area (Å²) in [6.07, 6.45) is 0. The van der Waals surface area contributed by atoms with Gasteiger partial charge in [-0.3, -0.25) is 10.9 Å². The molecular weight excluding hydrogens is 312 g/mol. The van der Waals surface area contributed by atoms with E-state index in [2.05, 4.69) is 16.0 Å². The molecule has 0 radical (unpaired) electrons. The molecule has 0 saturated carbocycles. The van der Waals surface area contributed by atoms with E-state index in [1.165, 1.54) is 0 Å². The number of nitrogens with two attached hydrogens (primary N) is 1. The largest absolute Gasteiger partial charge is 0.497 e. The van der Waals surface area contributed by atoms with Gasteiger partial charge in [0.15, 0.2) is 0 Å². The standard InChI is InChI=1S/C16H18N4O2S/c1-21-13-7-3-11(4-8-13)15(19-20-16(23)18-17)12-5-9-14(22-2)10-6-12/h3-10H,17H2,1-2H3,(H2,18,20,23). The van der Waals surface area contributed by atoms with Crippen LogP contribution < -0.4 is 26.2 Å². The number of nitrogens with zero attached hydrogens (tertiary/aromatic N) is 1. The van der Waals surface area contributed by atoms with Crippen LogP contribution in [0, 0.1) is 0 Å². The Kier molecular flexibility index (Phi) is 5.90. The number of nitrogens with one attached hydrogen (secondary N) is 2. The van der Waals surface area contributed by atoms with E-state index < -0.39 is 0 Å². The zero-order chi connectivity index (χ0) is 16.7. The summed E-state index contributed by atoms with van der Waals surface area (Å²) in [5, 5.41) is 4.57. The van der Waals surface area contributed by atoms with Gasteiger partial charge in [-0.1, -0.05) is 0 Å². The highest BCUT2D eigenvalue weighted by molar-refractivity contribution is 7.80. The van der Waals surface area contributed by atoms with Crippen molar-refractivity contribution in [2.45, 2.75) is 0 Å². The summed E-state index contributed by atoms with van der Waals surface area (Å²) in [5.74, 6) is 6.80. The molecule has 0 aromatic heterocycles. The number of thiocarbonyl (C=S) groups is 1. The number of rotatable bonds is 5. The highest BCUT2D eigenvalue weighted by atomic mass is 32.1. The van der Waals surface area contributed by atoms with E-state index in [1.807, 2.05) is 48.5 Å². The Hall–Kier alpha value is -2.64. The monoisotopic (exact) mass is 330 g/mol. The SMILES string of the molecule is COc1ccc(C(=NNC(=S)NN)c2ccc(OC)cc2)cc1. The van der Waals surface area contributed by atoms with E-state index in [9.17, 15) is 0 Å². The molecule has 0 amide bonds. The lowest BCUT2D eigenvalue weighted by molar-refractivity contribution is 0.414. The maximum Gasteiger partial charge on any atom is 0.201 e. The third-order valence-corrected chi connectivity index (χ3v) is 3.34. The summed E-state index contributed by atoms with van der Waals surface area (Å²) >= 11 is 4.96. The van der Waals surface area contributed by atoms with E-state index in [1.54, 1.807) is 14.2 Å². The minimum atomic E-state index is 0.226. The predicted molar refractivity (Wildman–Crippen MR) is 94.7 cm³/mol. The molecule has 23 heavy (non-hydrogen) atoms. The molecule has 0 aliphatic rings. The van der Waals surface area contributed by atoms with Crippen LogP contribution in [0.2, 0.25) is 0 Å². The van der Waals surface area contributed by atoms with Gasteiger partial charge in [0.25, 0.3) is 0 Å². The number of hydrazone groups is 1. The fourth-order valence-corrected chi connectivity index (χ4v) is 1.98. The molecule has 0 saturated heterocycles. The molecule has 0 fully saturated rings. The molecule has 0 atom stereocenters. The Labute approximate surface area is 140 Å². The molecule has 0 aliphatic carbocycles. The van der Waals surface area contributed by atoms with Gasteiger partial charge in [-0.15, -0.1) is 0 Å². The van der Waals surface area contributed by atoms with Crippen LogP contribution in [0.4, 0.5) is 0 Å². The van der Waals surface area contributed by atoms with Crippen LogP contribution in [0.5, 0.6) is 11.5 Å². The van der Waals surface area contributed by atoms with Crippen LogP contribution in [0.3, 0.4) is 0 Å². The fraction of sp³-hybridized carbons (Fsp3) is 0.125. The Balaban J connectivity index is 2.38. The molecule has 6 nitrogen and oxygen atoms in total. The lowest BCUT2D eigenvalue weighted by Crippen LogP contribution is -2.37. The first-order valence-electron chi connectivity index (χ1n) is 6.81. The number of hydrogen-bond acceptors (Lipinski definition) is 5. The van der Waals surface area contributed by atoms with Crippen molar-refractivity contribution in [3.05, 3.63) is 59.7 Å². The first kappa shape index (κ1) is 16.7. The molecule has 2 rings (SSSR count). The van der Waals surface area contributed by atoms with Gasteiger partial charge in [-0.2, -0.15) is 5.10 Å². The number of hydrazine groups is 1. The van der Waals surface area contributed by atoms with Crippen LogP contribution in [0.1, 0.15) is 11.1 Å². The second-order valence-corrected chi connectivity index (χ2v) is 4.91. The van der Waals surface area contributed by atoms with Gasteiger partial charge in [0.1, 0.15) is 11.5 Å². The van der Waals surface area contributed by atoms with E-state index >= 15 is 0 Å². The topological polar surface area (TPSA) is 80.9 Å². The number of ether oxygens (including phenoxy) is 2. The maximum atomic E-state index is 5.26. The first-order chi connectivity index (χ1) is 11.2. The second-order valence-electron chi connectivity index (χ2n) is 4.50. The zero-order valence-corrected chi connectivity index (χ0v) is 13.7. The van der Waals surface area contributed by atoms with Gasteiger partial charge in [0.2, 0.25) is 5.11 Å². The lowest BCUT2D eigenvalue weighted by atomic mass is 10.0. The molecule has 0 aliphatic heterocycles. The molecule has 120 valence electrons. The Morgan fingerprint density at radius 2 is 1.35 bits per heavy atom. The Morgan fingerprint density at radius 3 is 1.70 bits per heavy atom. The third-order valence-electron chi connectivity index (χ3n) is 3.13. The summed E-state index contributed by atoms with van der Waals surface area (Å²) in [7, 11) is 3.25. The van der Waals surface area contributed by atoms with Crippen molar-refractivity contribution in [1.82, 2.24) is 10.9 Å². The van der Waals surface area contributed by atoms with Crippen LogP contribution in [-0.4, -0.2) is 25.0 Å². The quantitative estimate of drug-likeness (QED) is 0.336. The molecule has 0 heterocycles. The third kappa shape index (κ3) is 4.41. The smallest absolute Gasteiger partial charge is 0.201 e. The number of methoxy groups -OCH3 is 2. The summed E-state index contributed by atoms with van der Waals surface area (Å²) < 4.78 is 10.4. The van der Waals surface area contributed by atoms with Crippen molar-refractivity contribution < 1.29 is 9.47 Å². The van der Waals surface area contributed by atoms with Crippen LogP contribution in [-0.2, 0) is 0 Å². The minimum absolute atomic E-state index is 0.226. The van der Waals surface area contributed by atoms with Crippen LogP contribution in [0.25, 0.3) is 0 Å². The first-order valence-corrected chi connectivity index (χ1v) is 7.22. The summed E-state index contributed by atoms with van der Waals surface area (Å²) in [6.45, 7) is 0. The van der Waals surface area contributed by atoms with Gasteiger partial charge in [0.05, 0.1) is 19.9 Å². The number of benzene rings is 2. The van der Waals surface area contributed by atoms with Crippen molar-refractivity contribution in [2.75, 3.05) is 14.2 Å². The van der Waals surface area contributed by atoms with Crippen molar-refractivity contribution in [3.8, 4) is 11.5 Å². The summed E-state index contributed by atoms with van der Waals surface area (Å²) in [4.78, 5) is 0. The van der Waals surface area contributed by atoms with E-state index in [0.717, 1.165) is 22.6 Å². The van der Waals surface area contributed by atoms with Crippen molar-refractivity contribution >= 4 is 23.0 Å². The van der Waals surface area contributed by atoms with E-state index in [4.69, 9.17) is 27.5 Å². The summed E-state index contributed by atoms with van der Waals surface area (Å²) in [5.41, 5.74) is 7.57. The minimum Gasteiger partial charge on any atom is -0.497 e. The molecule has 0 spiro atoms. The molecule has 2 aromatic rings. The molecular formula is C16H18N4O2S. The molecule has 0 unspecified atom stereocenters. The summed E-state index contributed by atoms with van der Waals surface area (Å²) in [6, 6.07) is 15.2. The Morgan fingerprint density at radius 1 is 0.913 bits per heavy atom. The van der Waals surface area contributed by atoms with E-state index in [0.29, 0.717) is 5.71 Å². The molecule has 2 aromatic carbocycles. The molecule has 4 N–H and O–H groups in total. The van der Waals surface area contributed by atoms with Crippen LogP contribution >= 0.6 is 12.2 Å². The maximum absolute atomic E-state index is 5.26. The average molecular weight is 330 g/mol. The van der Waals surface area contributed by atoms with Crippen molar-refractivity contribution in [3.63, 3.8) is 0 Å². The molecule has 0 bridgehead atoms. The van der Waals surface area contributed by atoms with Gasteiger partial charge in [-0.05, 0) is 60.7 Å². The van der Waals surface area contributed by atoms with Gasteiger partial charge in [-0.25, -0.2) is 5.84 Å². The zero-order valence-electron chi connectivity index (χ0n) is 12.9. The van der Waals surface area contributed by atoms with Crippen molar-refractivity contribution in [2.24, 2.45) is 10.9 Å². The van der Waals surface area contributed by atoms with E-state index in [-0.39, 0.29) is 5.11 Å².